The summed E-state index contributed by atoms with van der Waals surface area (Å²) in [6, 6.07) is 68.2. The summed E-state index contributed by atoms with van der Waals surface area (Å²) in [6.07, 6.45) is 7.64. The molecule has 105 heavy (non-hydrogen) atoms. The Hall–Kier alpha value is -8.30. The van der Waals surface area contributed by atoms with Gasteiger partial charge in [0.25, 0.3) is 0 Å². The third kappa shape index (κ3) is 22.9. The van der Waals surface area contributed by atoms with Crippen molar-refractivity contribution in [3.63, 3.8) is 0 Å². The van der Waals surface area contributed by atoms with Crippen LogP contribution in [0.3, 0.4) is 0 Å². The number of hydrogen-bond acceptors (Lipinski definition) is 6. The van der Waals surface area contributed by atoms with Crippen molar-refractivity contribution < 1.29 is 69.8 Å². The predicted molar refractivity (Wildman–Crippen MR) is 433 cm³/mol. The summed E-state index contributed by atoms with van der Waals surface area (Å²) in [7, 11) is 0. The van der Waals surface area contributed by atoms with Crippen LogP contribution >= 0.6 is 0 Å². The third-order valence-corrected chi connectivity index (χ3v) is 18.5. The molecule has 0 bridgehead atoms. The Morgan fingerprint density at radius 1 is 0.476 bits per heavy atom. The molecule has 4 aromatic heterocycles. The van der Waals surface area contributed by atoms with Crippen LogP contribution in [0.25, 0.3) is 88.5 Å². The number of para-hydroxylation sites is 1. The largest absolute Gasteiger partial charge is 0.513 e. The molecule has 0 saturated carbocycles. The monoisotopic (exact) mass is 1760 g/mol. The number of benzene rings is 8. The summed E-state index contributed by atoms with van der Waals surface area (Å²) < 4.78 is 4.82. The average molecular weight is 1760 g/mol. The van der Waals surface area contributed by atoms with Gasteiger partial charge in [0, 0.05) is 92.1 Å². The molecule has 0 spiro atoms. The van der Waals surface area contributed by atoms with Crippen molar-refractivity contribution in [3.05, 3.63) is 284 Å². The quantitative estimate of drug-likeness (QED) is 0.0550. The zero-order valence-corrected chi connectivity index (χ0v) is 70.1. The number of allylic oxidation sites excluding steroid dienone is 2. The second-order valence-electron chi connectivity index (χ2n) is 30.5. The van der Waals surface area contributed by atoms with E-state index >= 15 is 0 Å². The molecule has 2 aliphatic rings. The van der Waals surface area contributed by atoms with Gasteiger partial charge in [0.05, 0.1) is 51.3 Å². The number of nitrogens with zero attached hydrogens (tertiary/aromatic N) is 4. The van der Waals surface area contributed by atoms with Crippen LogP contribution in [0.2, 0.25) is 0 Å². The Labute approximate surface area is 653 Å². The van der Waals surface area contributed by atoms with Gasteiger partial charge >= 0.3 is 0 Å². The van der Waals surface area contributed by atoms with Crippen LogP contribution in [0.15, 0.2) is 200 Å². The Morgan fingerprint density at radius 2 is 0.990 bits per heavy atom. The van der Waals surface area contributed by atoms with Gasteiger partial charge in [0.1, 0.15) is 0 Å². The van der Waals surface area contributed by atoms with Crippen molar-refractivity contribution in [1.82, 2.24) is 9.97 Å². The van der Waals surface area contributed by atoms with Gasteiger partial charge < -0.3 is 20.4 Å². The first-order valence-corrected chi connectivity index (χ1v) is 36.9. The van der Waals surface area contributed by atoms with E-state index in [2.05, 4.69) is 301 Å². The first-order valence-electron chi connectivity index (χ1n) is 36.9. The normalized spacial score (nSPS) is 12.4. The van der Waals surface area contributed by atoms with E-state index in [-0.39, 0.29) is 46.0 Å². The fraction of sp³-hybridized carbons (Fsp3) is 0.326. The number of hydrogen-bond donors (Lipinski definition) is 4. The van der Waals surface area contributed by atoms with E-state index in [1.807, 2.05) is 13.8 Å². The number of aliphatic hydroxyl groups is 4. The van der Waals surface area contributed by atoms with E-state index in [1.165, 1.54) is 129 Å². The summed E-state index contributed by atoms with van der Waals surface area (Å²) in [5.41, 5.74) is 30.5. The molecule has 0 fully saturated rings. The molecule has 552 valence electrons. The molecular formula is C95H110Ir2N4O4. The van der Waals surface area contributed by atoms with Gasteiger partial charge in [-0.15, -0.1) is 69.8 Å². The molecule has 6 heterocycles. The molecule has 10 heteroatoms. The smallest absolute Gasteiger partial charge is 0.221 e. The average Bonchev–Trinajstić information content (AvgIpc) is 1.61. The molecule has 0 aliphatic carbocycles. The van der Waals surface area contributed by atoms with Gasteiger partial charge in [-0.1, -0.05) is 174 Å². The van der Waals surface area contributed by atoms with Crippen LogP contribution in [-0.4, -0.2) is 42.6 Å². The zero-order valence-electron chi connectivity index (χ0n) is 65.3. The Kier molecular flexibility index (Phi) is 30.6. The van der Waals surface area contributed by atoms with Crippen molar-refractivity contribution in [2.45, 2.75) is 183 Å². The maximum Gasteiger partial charge on any atom is 0.221 e. The number of aliphatic hydroxyl groups excluding tert-OH is 4. The van der Waals surface area contributed by atoms with E-state index in [0.29, 0.717) is 42.3 Å². The Balaban J connectivity index is 0.000000180. The maximum atomic E-state index is 9.47. The van der Waals surface area contributed by atoms with Crippen molar-refractivity contribution in [3.8, 4) is 45.0 Å². The molecule has 0 amide bonds. The Morgan fingerprint density at radius 3 is 1.49 bits per heavy atom. The molecule has 4 N–H and O–H groups in total. The third-order valence-electron chi connectivity index (χ3n) is 18.5. The molecule has 12 aromatic rings. The van der Waals surface area contributed by atoms with Crippen molar-refractivity contribution in [2.24, 2.45) is 23.7 Å². The minimum atomic E-state index is -0.537. The molecular weight excluding hydrogens is 1650 g/mol. The molecule has 8 nitrogen and oxygen atoms in total. The second-order valence-corrected chi connectivity index (χ2v) is 30.5. The van der Waals surface area contributed by atoms with E-state index in [1.54, 1.807) is 13.0 Å². The predicted octanol–water partition coefficient (Wildman–Crippen LogP) is 22.6. The number of aromatic nitrogens is 4. The van der Waals surface area contributed by atoms with E-state index in [0.717, 1.165) is 70.6 Å². The molecule has 8 aromatic carbocycles. The van der Waals surface area contributed by atoms with E-state index < -0.39 is 12.2 Å². The summed E-state index contributed by atoms with van der Waals surface area (Å²) in [6.45, 7) is 41.7. The standard InChI is InChI=1S/2C21H22N.C19H18N.C18H16N.C11H22O2.C5H10O2.2Ir/c2*1-14(2)10-17-6-5-7-21-19(17)8-9-20(22-21)18-12-15(3)11-16(4)13-18;1-12-4-5-15-6-7-20-11-18-14(3)8-13(2)10-17(18)19(20)16(15)9-12;1-12-9-13(2)16-11-19-17-6-4-3-5-14(17)7-8-18(19)15(16)10-12;1-8(2)5-10(12)7-11(13)6-9(3)4;1-4(6)3-5(2)7;;/h2*5-9,11-12,14H,10H2,1-4H3;4-10H,11H2,1-3H3;3-10H,11H2,1-2H3;7-10,12-13H,5-6H2,1-4H3;3-4,6-7H,1-2H3;;/q2*-1;2*+1;;;;. The van der Waals surface area contributed by atoms with Crippen LogP contribution in [0.4, 0.5) is 0 Å². The minimum absolute atomic E-state index is 0. The van der Waals surface area contributed by atoms with Gasteiger partial charge in [-0.05, 0) is 196 Å². The number of rotatable bonds is 12. The summed E-state index contributed by atoms with van der Waals surface area (Å²) in [5.74, 6) is 2.66. The van der Waals surface area contributed by atoms with Crippen LogP contribution in [0, 0.1) is 98.1 Å². The first kappa shape index (κ1) is 84.0. The zero-order chi connectivity index (χ0) is 74.5. The fourth-order valence-corrected chi connectivity index (χ4v) is 14.4. The number of pyridine rings is 4. The molecule has 2 radical (unpaired) electrons. The van der Waals surface area contributed by atoms with Crippen LogP contribution < -0.4 is 9.13 Å². The van der Waals surface area contributed by atoms with Gasteiger partial charge in [-0.2, -0.15) is 9.13 Å². The maximum absolute atomic E-state index is 9.47. The van der Waals surface area contributed by atoms with Crippen molar-refractivity contribution in [1.29, 1.82) is 0 Å². The first-order chi connectivity index (χ1) is 49.0. The van der Waals surface area contributed by atoms with Crippen LogP contribution in [-0.2, 0) is 66.1 Å². The van der Waals surface area contributed by atoms with Crippen LogP contribution in [0.5, 0.6) is 0 Å². The summed E-state index contributed by atoms with van der Waals surface area (Å²) >= 11 is 0. The molecule has 2 unspecified atom stereocenters. The van der Waals surface area contributed by atoms with Gasteiger partial charge in [-0.3, -0.25) is 9.97 Å². The topological polar surface area (TPSA) is 114 Å². The van der Waals surface area contributed by atoms with Gasteiger partial charge in [-0.25, -0.2) is 0 Å². The molecule has 14 rings (SSSR count). The number of fused-ring (bicyclic) bond motifs is 12. The second kappa shape index (κ2) is 38.3. The molecule has 2 aliphatic heterocycles. The van der Waals surface area contributed by atoms with Gasteiger partial charge in [0.15, 0.2) is 19.3 Å². The van der Waals surface area contributed by atoms with Crippen LogP contribution in [0.1, 0.15) is 154 Å². The molecule has 0 saturated heterocycles. The SMILES string of the molecule is CC(C)CC(O)=CC(O)CC(C)C.CC(O)=CC(C)O.Cc1[c-]c(-c2ccc3c(CC(C)C)cccc3n2)cc(C)c1.Cc1[c-]c(-c2ccc3c(CC(C)C)cccc3n2)cc(C)c1.Cc1cc(C)c2c(c1)-c1c3cc(C)ccc3cc[n+]1C2.Cc1cc(C)c2c(c1)-c1ccc3ccccc3[n+]1C2.[Ir].[Ir]. The minimum Gasteiger partial charge on any atom is -0.513 e. The summed E-state index contributed by atoms with van der Waals surface area (Å²) in [5, 5.41) is 42.3. The number of aryl methyl sites for hydroxylation is 9. The summed E-state index contributed by atoms with van der Waals surface area (Å²) in [4.78, 5) is 9.73. The van der Waals surface area contributed by atoms with Crippen molar-refractivity contribution in [2.75, 3.05) is 0 Å². The van der Waals surface area contributed by atoms with E-state index in [9.17, 15) is 10.2 Å². The van der Waals surface area contributed by atoms with E-state index in [4.69, 9.17) is 20.2 Å². The van der Waals surface area contributed by atoms with Crippen molar-refractivity contribution >= 4 is 43.5 Å². The molecule has 2 atom stereocenters. The Bertz CT molecular complexity index is 4860. The fourth-order valence-electron chi connectivity index (χ4n) is 14.4. The van der Waals surface area contributed by atoms with Gasteiger partial charge in [0.2, 0.25) is 16.9 Å².